The third kappa shape index (κ3) is 3.93. The van der Waals surface area contributed by atoms with Gasteiger partial charge in [-0.15, -0.1) is 0 Å². The van der Waals surface area contributed by atoms with E-state index < -0.39 is 5.92 Å². The van der Waals surface area contributed by atoms with Crippen LogP contribution in [0.4, 0.5) is 0 Å². The van der Waals surface area contributed by atoms with Crippen molar-refractivity contribution in [3.8, 4) is 0 Å². The van der Waals surface area contributed by atoms with Gasteiger partial charge in [0.05, 0.1) is 6.61 Å². The Hall–Kier alpha value is -1.39. The van der Waals surface area contributed by atoms with E-state index in [1.165, 1.54) is 38.5 Å². The normalized spacial score (nSPS) is 24.0. The molecule has 5 heteroatoms. The van der Waals surface area contributed by atoms with Crippen molar-refractivity contribution in [2.24, 2.45) is 40.3 Å². The largest absolute Gasteiger partial charge is 0.465 e. The zero-order valence-electron chi connectivity index (χ0n) is 14.1. The van der Waals surface area contributed by atoms with Gasteiger partial charge < -0.3 is 10.5 Å². The SMILES string of the molecule is CCOC(=O)C(C(=N)N=C(N)C1CCCC1)C(C1CC1)C1CC1. The van der Waals surface area contributed by atoms with Crippen LogP contribution >= 0.6 is 0 Å². The second-order valence-electron chi connectivity index (χ2n) is 7.39. The van der Waals surface area contributed by atoms with Crippen molar-refractivity contribution >= 4 is 17.6 Å². The predicted molar refractivity (Wildman–Crippen MR) is 90.4 cm³/mol. The molecule has 1 atom stereocenters. The lowest BCUT2D eigenvalue weighted by molar-refractivity contribution is -0.147. The first kappa shape index (κ1) is 16.5. The molecular formula is C18H29N3O2. The minimum absolute atomic E-state index is 0.136. The van der Waals surface area contributed by atoms with Crippen LogP contribution in [0.15, 0.2) is 4.99 Å². The van der Waals surface area contributed by atoms with Crippen LogP contribution in [0.2, 0.25) is 0 Å². The van der Waals surface area contributed by atoms with E-state index in [4.69, 9.17) is 15.9 Å². The zero-order chi connectivity index (χ0) is 16.4. The van der Waals surface area contributed by atoms with E-state index in [0.29, 0.717) is 30.2 Å². The van der Waals surface area contributed by atoms with Gasteiger partial charge in [0.25, 0.3) is 0 Å². The van der Waals surface area contributed by atoms with E-state index in [-0.39, 0.29) is 17.7 Å². The number of ether oxygens (including phenoxy) is 1. The summed E-state index contributed by atoms with van der Waals surface area (Å²) in [6, 6.07) is 0. The molecule has 5 nitrogen and oxygen atoms in total. The average molecular weight is 319 g/mol. The first-order valence-electron chi connectivity index (χ1n) is 9.21. The maximum absolute atomic E-state index is 12.5. The number of carbonyl (C=O) groups excluding carboxylic acids is 1. The second kappa shape index (κ2) is 7.02. The van der Waals surface area contributed by atoms with Crippen molar-refractivity contribution in [1.82, 2.24) is 0 Å². The van der Waals surface area contributed by atoms with E-state index in [9.17, 15) is 4.79 Å². The molecule has 3 fully saturated rings. The van der Waals surface area contributed by atoms with Gasteiger partial charge in [0.15, 0.2) is 0 Å². The van der Waals surface area contributed by atoms with Gasteiger partial charge in [-0.1, -0.05) is 12.8 Å². The van der Waals surface area contributed by atoms with Gasteiger partial charge in [-0.2, -0.15) is 0 Å². The Balaban J connectivity index is 1.77. The third-order valence-corrected chi connectivity index (χ3v) is 5.58. The van der Waals surface area contributed by atoms with Gasteiger partial charge in [-0.05, 0) is 63.2 Å². The molecule has 0 amide bonds. The van der Waals surface area contributed by atoms with Crippen molar-refractivity contribution < 1.29 is 9.53 Å². The molecule has 128 valence electrons. The number of carbonyl (C=O) groups is 1. The van der Waals surface area contributed by atoms with Gasteiger partial charge in [-0.25, -0.2) is 4.99 Å². The molecule has 0 heterocycles. The third-order valence-electron chi connectivity index (χ3n) is 5.58. The fourth-order valence-electron chi connectivity index (χ4n) is 4.10. The molecular weight excluding hydrogens is 290 g/mol. The Morgan fingerprint density at radius 1 is 1.17 bits per heavy atom. The van der Waals surface area contributed by atoms with Crippen LogP contribution in [-0.2, 0) is 9.53 Å². The van der Waals surface area contributed by atoms with Gasteiger partial charge in [0.2, 0.25) is 0 Å². The molecule has 3 rings (SSSR count). The summed E-state index contributed by atoms with van der Waals surface area (Å²) >= 11 is 0. The van der Waals surface area contributed by atoms with Crippen molar-refractivity contribution in [3.05, 3.63) is 0 Å². The van der Waals surface area contributed by atoms with Crippen molar-refractivity contribution in [2.75, 3.05) is 6.61 Å². The molecule has 0 radical (unpaired) electrons. The van der Waals surface area contributed by atoms with Crippen molar-refractivity contribution in [2.45, 2.75) is 58.3 Å². The molecule has 0 spiro atoms. The van der Waals surface area contributed by atoms with Crippen LogP contribution in [0.3, 0.4) is 0 Å². The van der Waals surface area contributed by atoms with Crippen LogP contribution < -0.4 is 5.73 Å². The number of nitrogens with zero attached hydrogens (tertiary/aromatic N) is 1. The minimum atomic E-state index is -0.519. The van der Waals surface area contributed by atoms with Gasteiger partial charge in [-0.3, -0.25) is 10.2 Å². The van der Waals surface area contributed by atoms with E-state index in [2.05, 4.69) is 4.99 Å². The molecule has 3 aliphatic rings. The number of amidine groups is 2. The van der Waals surface area contributed by atoms with Crippen molar-refractivity contribution in [3.63, 3.8) is 0 Å². The molecule has 1 unspecified atom stereocenters. The fourth-order valence-corrected chi connectivity index (χ4v) is 4.10. The standard InChI is InChI=1S/C18H29N3O2/c1-2-23-18(22)15(14(11-7-8-11)12-9-10-12)17(20)21-16(19)13-5-3-4-6-13/h11-15H,2-10H2,1H3,(H3,19,20,21). The lowest BCUT2D eigenvalue weighted by atomic mass is 9.83. The summed E-state index contributed by atoms with van der Waals surface area (Å²) in [5.41, 5.74) is 6.13. The van der Waals surface area contributed by atoms with E-state index in [0.717, 1.165) is 12.8 Å². The predicted octanol–water partition coefficient (Wildman–Crippen LogP) is 3.13. The van der Waals surface area contributed by atoms with Gasteiger partial charge in [0, 0.05) is 5.92 Å². The number of rotatable bonds is 7. The maximum atomic E-state index is 12.5. The second-order valence-corrected chi connectivity index (χ2v) is 7.39. The molecule has 3 aliphatic carbocycles. The molecule has 0 bridgehead atoms. The summed E-state index contributed by atoms with van der Waals surface area (Å²) in [6.45, 7) is 2.17. The first-order chi connectivity index (χ1) is 11.1. The molecule has 0 saturated heterocycles. The molecule has 0 aromatic heterocycles. The van der Waals surface area contributed by atoms with E-state index >= 15 is 0 Å². The average Bonchev–Trinajstić information content (AvgIpc) is 3.44. The number of hydrogen-bond acceptors (Lipinski definition) is 3. The molecule has 0 aliphatic heterocycles. The lowest BCUT2D eigenvalue weighted by Gasteiger charge is -2.25. The van der Waals surface area contributed by atoms with E-state index in [1.807, 2.05) is 6.92 Å². The fraction of sp³-hybridized carbons (Fsp3) is 0.833. The monoisotopic (exact) mass is 319 g/mol. The number of hydrogen-bond donors (Lipinski definition) is 2. The lowest BCUT2D eigenvalue weighted by Crippen LogP contribution is -2.36. The van der Waals surface area contributed by atoms with Gasteiger partial charge in [0.1, 0.15) is 17.6 Å². The first-order valence-corrected chi connectivity index (χ1v) is 9.21. The highest BCUT2D eigenvalue weighted by atomic mass is 16.5. The minimum Gasteiger partial charge on any atom is -0.465 e. The smallest absolute Gasteiger partial charge is 0.316 e. The summed E-state index contributed by atoms with van der Waals surface area (Å²) in [5.74, 6) is 1.56. The summed E-state index contributed by atoms with van der Waals surface area (Å²) in [7, 11) is 0. The molecule has 0 aromatic carbocycles. The summed E-state index contributed by atoms with van der Waals surface area (Å²) < 4.78 is 5.28. The highest BCUT2D eigenvalue weighted by Gasteiger charge is 2.50. The topological polar surface area (TPSA) is 88.5 Å². The molecule has 3 saturated carbocycles. The Bertz CT molecular complexity index is 476. The maximum Gasteiger partial charge on any atom is 0.316 e. The molecule has 0 aromatic rings. The Kier molecular flexibility index (Phi) is 5.02. The van der Waals surface area contributed by atoms with Crippen LogP contribution in [0.25, 0.3) is 0 Å². The van der Waals surface area contributed by atoms with E-state index in [1.54, 1.807) is 0 Å². The Morgan fingerprint density at radius 2 is 1.74 bits per heavy atom. The molecule has 3 N–H and O–H groups in total. The molecule has 23 heavy (non-hydrogen) atoms. The summed E-state index contributed by atoms with van der Waals surface area (Å²) in [5, 5.41) is 8.45. The highest BCUT2D eigenvalue weighted by molar-refractivity contribution is 6.05. The number of esters is 1. The summed E-state index contributed by atoms with van der Waals surface area (Å²) in [4.78, 5) is 16.9. The van der Waals surface area contributed by atoms with Crippen molar-refractivity contribution in [1.29, 1.82) is 5.41 Å². The number of aliphatic imine (C=N–C) groups is 1. The highest BCUT2D eigenvalue weighted by Crippen LogP contribution is 2.53. The van der Waals surface area contributed by atoms with Crippen LogP contribution in [0.5, 0.6) is 0 Å². The number of nitrogens with one attached hydrogen (secondary N) is 1. The Labute approximate surface area is 138 Å². The van der Waals surface area contributed by atoms with Crippen LogP contribution in [0.1, 0.15) is 58.3 Å². The number of nitrogens with two attached hydrogens (primary N) is 1. The quantitative estimate of drug-likeness (QED) is 0.429. The van der Waals surface area contributed by atoms with Gasteiger partial charge >= 0.3 is 5.97 Å². The zero-order valence-corrected chi connectivity index (χ0v) is 14.1. The Morgan fingerprint density at radius 3 is 2.22 bits per heavy atom. The summed E-state index contributed by atoms with van der Waals surface area (Å²) in [6.07, 6.45) is 9.17. The van der Waals surface area contributed by atoms with Crippen LogP contribution in [0, 0.1) is 35.0 Å². The van der Waals surface area contributed by atoms with Crippen LogP contribution in [-0.4, -0.2) is 24.2 Å².